The van der Waals surface area contributed by atoms with Crippen LogP contribution < -0.4 is 5.32 Å². The second-order valence-corrected chi connectivity index (χ2v) is 3.94. The van der Waals surface area contributed by atoms with Crippen LogP contribution in [0.15, 0.2) is 12.4 Å². The highest BCUT2D eigenvalue weighted by atomic mass is 15.1. The summed E-state index contributed by atoms with van der Waals surface area (Å²) in [6.07, 6.45) is 5.24. The van der Waals surface area contributed by atoms with E-state index in [0.717, 1.165) is 30.9 Å². The molecule has 0 amide bonds. The molecule has 0 saturated heterocycles. The van der Waals surface area contributed by atoms with Crippen LogP contribution in [0.2, 0.25) is 0 Å². The average Bonchev–Trinajstić information content (AvgIpc) is 2.63. The lowest BCUT2D eigenvalue weighted by Gasteiger charge is -2.05. The Morgan fingerprint density at radius 2 is 2.46 bits per heavy atom. The predicted molar refractivity (Wildman–Crippen MR) is 52.5 cm³/mol. The quantitative estimate of drug-likeness (QED) is 0.752. The molecule has 0 aliphatic heterocycles. The van der Waals surface area contributed by atoms with Gasteiger partial charge in [0.15, 0.2) is 0 Å². The third kappa shape index (κ3) is 2.10. The zero-order chi connectivity index (χ0) is 9.26. The molecule has 72 valence electrons. The van der Waals surface area contributed by atoms with Gasteiger partial charge in [-0.2, -0.15) is 0 Å². The van der Waals surface area contributed by atoms with Gasteiger partial charge in [0, 0.05) is 31.5 Å². The van der Waals surface area contributed by atoms with Crippen molar-refractivity contribution in [1.29, 1.82) is 0 Å². The summed E-state index contributed by atoms with van der Waals surface area (Å²) in [6, 6.07) is 0.781. The summed E-state index contributed by atoms with van der Waals surface area (Å²) in [4.78, 5) is 4.18. The molecule has 1 fully saturated rings. The normalized spacial score (nSPS) is 26.3. The highest BCUT2D eigenvalue weighted by molar-refractivity contribution is 4.91. The summed E-state index contributed by atoms with van der Waals surface area (Å²) in [7, 11) is 0. The van der Waals surface area contributed by atoms with Crippen LogP contribution in [0.3, 0.4) is 0 Å². The minimum atomic E-state index is 0.781. The summed E-state index contributed by atoms with van der Waals surface area (Å²) >= 11 is 0. The van der Waals surface area contributed by atoms with Crippen LogP contribution in [0.1, 0.15) is 19.2 Å². The van der Waals surface area contributed by atoms with E-state index in [1.165, 1.54) is 6.42 Å². The van der Waals surface area contributed by atoms with Crippen molar-refractivity contribution < 1.29 is 0 Å². The Kier molecular flexibility index (Phi) is 2.36. The van der Waals surface area contributed by atoms with Gasteiger partial charge in [-0.05, 0) is 19.3 Å². The molecule has 0 bridgehead atoms. The molecular formula is C10H17N3. The Balaban J connectivity index is 1.71. The van der Waals surface area contributed by atoms with Gasteiger partial charge in [0.2, 0.25) is 0 Å². The van der Waals surface area contributed by atoms with Crippen LogP contribution >= 0.6 is 0 Å². The van der Waals surface area contributed by atoms with E-state index >= 15 is 0 Å². The highest BCUT2D eigenvalue weighted by Crippen LogP contribution is 2.28. The van der Waals surface area contributed by atoms with E-state index in [-0.39, 0.29) is 0 Å². The first-order chi connectivity index (χ1) is 6.27. The molecule has 1 aromatic heterocycles. The van der Waals surface area contributed by atoms with Gasteiger partial charge >= 0.3 is 0 Å². The van der Waals surface area contributed by atoms with Gasteiger partial charge in [-0.1, -0.05) is 6.92 Å². The molecule has 3 heteroatoms. The van der Waals surface area contributed by atoms with Crippen molar-refractivity contribution in [1.82, 2.24) is 14.9 Å². The summed E-state index contributed by atoms with van der Waals surface area (Å²) in [5, 5.41) is 3.52. The number of rotatable bonds is 4. The summed E-state index contributed by atoms with van der Waals surface area (Å²) in [5.41, 5.74) is 0. The van der Waals surface area contributed by atoms with Crippen molar-refractivity contribution in [2.75, 3.05) is 6.54 Å². The molecule has 3 nitrogen and oxygen atoms in total. The topological polar surface area (TPSA) is 29.9 Å². The van der Waals surface area contributed by atoms with Gasteiger partial charge in [0.25, 0.3) is 0 Å². The standard InChI is InChI=1S/C10H17N3/c1-8-7-10(8)12-4-6-13-5-3-11-9(13)2/h3,5,8,10,12H,4,6-7H2,1-2H3. The summed E-state index contributed by atoms with van der Waals surface area (Å²) in [6.45, 7) is 6.43. The monoisotopic (exact) mass is 179 g/mol. The summed E-state index contributed by atoms with van der Waals surface area (Å²) < 4.78 is 2.18. The lowest BCUT2D eigenvalue weighted by molar-refractivity contribution is 0.571. The maximum atomic E-state index is 4.18. The summed E-state index contributed by atoms with van der Waals surface area (Å²) in [5.74, 6) is 1.99. The van der Waals surface area contributed by atoms with Crippen molar-refractivity contribution >= 4 is 0 Å². The van der Waals surface area contributed by atoms with Crippen molar-refractivity contribution in [3.63, 3.8) is 0 Å². The van der Waals surface area contributed by atoms with E-state index in [1.807, 2.05) is 19.3 Å². The Morgan fingerprint density at radius 3 is 3.00 bits per heavy atom. The van der Waals surface area contributed by atoms with Crippen molar-refractivity contribution in [3.8, 4) is 0 Å². The first-order valence-corrected chi connectivity index (χ1v) is 4.98. The SMILES string of the molecule is Cc1nccn1CCNC1CC1C. The molecule has 0 radical (unpaired) electrons. The number of hydrogen-bond donors (Lipinski definition) is 1. The van der Waals surface area contributed by atoms with E-state index < -0.39 is 0 Å². The number of hydrogen-bond acceptors (Lipinski definition) is 2. The van der Waals surface area contributed by atoms with Gasteiger partial charge in [-0.3, -0.25) is 0 Å². The van der Waals surface area contributed by atoms with Gasteiger partial charge in [0.1, 0.15) is 5.82 Å². The van der Waals surface area contributed by atoms with Crippen LogP contribution in [0.4, 0.5) is 0 Å². The van der Waals surface area contributed by atoms with Crippen molar-refractivity contribution in [3.05, 3.63) is 18.2 Å². The number of nitrogens with zero attached hydrogens (tertiary/aromatic N) is 2. The van der Waals surface area contributed by atoms with Gasteiger partial charge in [-0.25, -0.2) is 4.98 Å². The minimum Gasteiger partial charge on any atom is -0.334 e. The van der Waals surface area contributed by atoms with Crippen LogP contribution in [0.5, 0.6) is 0 Å². The van der Waals surface area contributed by atoms with E-state index in [1.54, 1.807) is 0 Å². The van der Waals surface area contributed by atoms with Crippen LogP contribution in [-0.2, 0) is 6.54 Å². The molecule has 2 atom stereocenters. The molecule has 13 heavy (non-hydrogen) atoms. The Labute approximate surface area is 79.2 Å². The first kappa shape index (κ1) is 8.75. The molecule has 2 rings (SSSR count). The Bertz CT molecular complexity index is 279. The van der Waals surface area contributed by atoms with E-state index in [4.69, 9.17) is 0 Å². The number of nitrogens with one attached hydrogen (secondary N) is 1. The van der Waals surface area contributed by atoms with Gasteiger partial charge < -0.3 is 9.88 Å². The second-order valence-electron chi connectivity index (χ2n) is 3.94. The highest BCUT2D eigenvalue weighted by Gasteiger charge is 2.31. The second kappa shape index (κ2) is 3.50. The van der Waals surface area contributed by atoms with Crippen molar-refractivity contribution in [2.45, 2.75) is 32.9 Å². The fourth-order valence-corrected chi connectivity index (χ4v) is 1.62. The maximum absolute atomic E-state index is 4.18. The third-order valence-electron chi connectivity index (χ3n) is 2.79. The number of imidazole rings is 1. The molecule has 1 aliphatic rings. The molecule has 1 heterocycles. The lowest BCUT2D eigenvalue weighted by atomic mass is 10.4. The Morgan fingerprint density at radius 1 is 1.69 bits per heavy atom. The maximum Gasteiger partial charge on any atom is 0.105 e. The fourth-order valence-electron chi connectivity index (χ4n) is 1.62. The third-order valence-corrected chi connectivity index (χ3v) is 2.79. The molecule has 2 unspecified atom stereocenters. The molecule has 1 saturated carbocycles. The fraction of sp³-hybridized carbons (Fsp3) is 0.700. The zero-order valence-corrected chi connectivity index (χ0v) is 8.33. The average molecular weight is 179 g/mol. The zero-order valence-electron chi connectivity index (χ0n) is 8.33. The largest absolute Gasteiger partial charge is 0.334 e. The van der Waals surface area contributed by atoms with Gasteiger partial charge in [-0.15, -0.1) is 0 Å². The smallest absolute Gasteiger partial charge is 0.105 e. The molecule has 0 aromatic carbocycles. The Hall–Kier alpha value is -0.830. The predicted octanol–water partition coefficient (Wildman–Crippen LogP) is 1.19. The minimum absolute atomic E-state index is 0.781. The van der Waals surface area contributed by atoms with E-state index in [0.29, 0.717) is 0 Å². The molecule has 1 aromatic rings. The van der Waals surface area contributed by atoms with E-state index in [2.05, 4.69) is 21.8 Å². The van der Waals surface area contributed by atoms with Gasteiger partial charge in [0.05, 0.1) is 0 Å². The van der Waals surface area contributed by atoms with Crippen molar-refractivity contribution in [2.24, 2.45) is 5.92 Å². The molecular weight excluding hydrogens is 162 g/mol. The first-order valence-electron chi connectivity index (χ1n) is 4.98. The number of aromatic nitrogens is 2. The van der Waals surface area contributed by atoms with E-state index in [9.17, 15) is 0 Å². The van der Waals surface area contributed by atoms with Crippen LogP contribution in [0, 0.1) is 12.8 Å². The molecule has 1 N–H and O–H groups in total. The molecule has 1 aliphatic carbocycles. The number of aryl methyl sites for hydroxylation is 1. The lowest BCUT2D eigenvalue weighted by Crippen LogP contribution is -2.23. The van der Waals surface area contributed by atoms with Crippen LogP contribution in [-0.4, -0.2) is 22.1 Å². The molecule has 0 spiro atoms. The van der Waals surface area contributed by atoms with Crippen LogP contribution in [0.25, 0.3) is 0 Å².